The highest BCUT2D eigenvalue weighted by Crippen LogP contribution is 2.31. The van der Waals surface area contributed by atoms with Crippen LogP contribution in [0, 0.1) is 0 Å². The van der Waals surface area contributed by atoms with Crippen molar-refractivity contribution in [2.75, 3.05) is 17.6 Å². The van der Waals surface area contributed by atoms with Gasteiger partial charge in [-0.2, -0.15) is 0 Å². The third-order valence-corrected chi connectivity index (χ3v) is 4.62. The molecule has 112 valence electrons. The van der Waals surface area contributed by atoms with Crippen molar-refractivity contribution in [3.63, 3.8) is 0 Å². The molecule has 0 aliphatic carbocycles. The molecule has 3 N–H and O–H groups in total. The van der Waals surface area contributed by atoms with Gasteiger partial charge in [0, 0.05) is 16.8 Å². The molecular formula is C13H12Cl2N2O3S. The van der Waals surface area contributed by atoms with Crippen molar-refractivity contribution in [2.24, 2.45) is 0 Å². The number of sulfonamides is 1. The Kier molecular flexibility index (Phi) is 4.51. The number of methoxy groups -OCH3 is 1. The van der Waals surface area contributed by atoms with Crippen molar-refractivity contribution in [2.45, 2.75) is 4.90 Å². The van der Waals surface area contributed by atoms with Crippen LogP contribution in [0.4, 0.5) is 11.4 Å². The van der Waals surface area contributed by atoms with E-state index < -0.39 is 10.0 Å². The van der Waals surface area contributed by atoms with Gasteiger partial charge in [0.2, 0.25) is 0 Å². The van der Waals surface area contributed by atoms with Crippen LogP contribution in [0.15, 0.2) is 41.3 Å². The number of rotatable bonds is 4. The van der Waals surface area contributed by atoms with Gasteiger partial charge in [-0.15, -0.1) is 0 Å². The van der Waals surface area contributed by atoms with E-state index >= 15 is 0 Å². The predicted octanol–water partition coefficient (Wildman–Crippen LogP) is 3.39. The number of hydrogen-bond donors (Lipinski definition) is 2. The first kappa shape index (κ1) is 15.8. The second kappa shape index (κ2) is 6.01. The van der Waals surface area contributed by atoms with Gasteiger partial charge in [0.25, 0.3) is 10.0 Å². The lowest BCUT2D eigenvalue weighted by Gasteiger charge is -2.13. The maximum atomic E-state index is 12.4. The van der Waals surface area contributed by atoms with E-state index in [0.29, 0.717) is 10.7 Å². The predicted molar refractivity (Wildman–Crippen MR) is 84.7 cm³/mol. The van der Waals surface area contributed by atoms with Gasteiger partial charge in [-0.1, -0.05) is 23.2 Å². The summed E-state index contributed by atoms with van der Waals surface area (Å²) in [5.74, 6) is 0.134. The maximum Gasteiger partial charge on any atom is 0.265 e. The highest BCUT2D eigenvalue weighted by molar-refractivity contribution is 7.92. The smallest absolute Gasteiger partial charge is 0.265 e. The third-order valence-electron chi connectivity index (χ3n) is 2.65. The fraction of sp³-hybridized carbons (Fsp3) is 0.0769. The standard InChI is InChI=1S/C13H12Cl2N2O3S/c1-20-12-6-8(14)2-5-13(12)21(18,19)17-11-7-9(16)3-4-10(11)15/h2-7,17H,16H2,1H3. The van der Waals surface area contributed by atoms with Gasteiger partial charge in [0.05, 0.1) is 17.8 Å². The third kappa shape index (κ3) is 3.53. The number of nitrogens with one attached hydrogen (secondary N) is 1. The molecule has 21 heavy (non-hydrogen) atoms. The first-order valence-electron chi connectivity index (χ1n) is 5.75. The molecule has 0 fully saturated rings. The first-order valence-corrected chi connectivity index (χ1v) is 7.99. The van der Waals surface area contributed by atoms with E-state index in [9.17, 15) is 8.42 Å². The second-order valence-corrected chi connectivity index (χ2v) is 6.63. The zero-order valence-corrected chi connectivity index (χ0v) is 13.3. The van der Waals surface area contributed by atoms with Crippen molar-refractivity contribution in [1.29, 1.82) is 0 Å². The summed E-state index contributed by atoms with van der Waals surface area (Å²) < 4.78 is 32.3. The molecule has 2 aromatic rings. The molecular weight excluding hydrogens is 335 g/mol. The van der Waals surface area contributed by atoms with E-state index in [0.717, 1.165) is 0 Å². The average molecular weight is 347 g/mol. The molecule has 5 nitrogen and oxygen atoms in total. The minimum atomic E-state index is -3.89. The molecule has 0 aliphatic heterocycles. The highest BCUT2D eigenvalue weighted by Gasteiger charge is 2.21. The normalized spacial score (nSPS) is 11.2. The molecule has 2 rings (SSSR count). The largest absolute Gasteiger partial charge is 0.495 e. The van der Waals surface area contributed by atoms with Gasteiger partial charge < -0.3 is 10.5 Å². The van der Waals surface area contributed by atoms with Crippen LogP contribution < -0.4 is 15.2 Å². The van der Waals surface area contributed by atoms with Crippen molar-refractivity contribution in [1.82, 2.24) is 0 Å². The van der Waals surface area contributed by atoms with Crippen molar-refractivity contribution in [3.05, 3.63) is 46.4 Å². The van der Waals surface area contributed by atoms with Crippen LogP contribution in [0.25, 0.3) is 0 Å². The summed E-state index contributed by atoms with van der Waals surface area (Å²) in [5.41, 5.74) is 6.20. The van der Waals surface area contributed by atoms with Crippen molar-refractivity contribution in [3.8, 4) is 5.75 Å². The van der Waals surface area contributed by atoms with Crippen LogP contribution in [-0.2, 0) is 10.0 Å². The summed E-state index contributed by atoms with van der Waals surface area (Å²) in [6.07, 6.45) is 0. The fourth-order valence-electron chi connectivity index (χ4n) is 1.68. The summed E-state index contributed by atoms with van der Waals surface area (Å²) in [7, 11) is -2.53. The molecule has 0 heterocycles. The molecule has 0 atom stereocenters. The van der Waals surface area contributed by atoms with E-state index in [-0.39, 0.29) is 21.4 Å². The molecule has 0 saturated carbocycles. The van der Waals surface area contributed by atoms with Gasteiger partial charge in [-0.25, -0.2) is 8.42 Å². The minimum Gasteiger partial charge on any atom is -0.495 e. The molecule has 2 aromatic carbocycles. The van der Waals surface area contributed by atoms with Crippen LogP contribution in [0.3, 0.4) is 0 Å². The van der Waals surface area contributed by atoms with Crippen LogP contribution >= 0.6 is 23.2 Å². The number of hydrogen-bond acceptors (Lipinski definition) is 4. The molecule has 0 unspecified atom stereocenters. The summed E-state index contributed by atoms with van der Waals surface area (Å²) >= 11 is 11.8. The molecule has 0 aliphatic rings. The van der Waals surface area contributed by atoms with Crippen LogP contribution in [0.2, 0.25) is 10.0 Å². The van der Waals surface area contributed by atoms with Crippen LogP contribution in [0.5, 0.6) is 5.75 Å². The molecule has 0 aromatic heterocycles. The Labute approximate surface area is 132 Å². The maximum absolute atomic E-state index is 12.4. The molecule has 0 saturated heterocycles. The van der Waals surface area contributed by atoms with Crippen LogP contribution in [-0.4, -0.2) is 15.5 Å². The van der Waals surface area contributed by atoms with Crippen molar-refractivity contribution < 1.29 is 13.2 Å². The average Bonchev–Trinajstić information content (AvgIpc) is 2.42. The Bertz CT molecular complexity index is 779. The Hall–Kier alpha value is -1.63. The summed E-state index contributed by atoms with van der Waals surface area (Å²) in [5, 5.41) is 0.605. The number of ether oxygens (including phenoxy) is 1. The van der Waals surface area contributed by atoms with Gasteiger partial charge in [0.15, 0.2) is 0 Å². The second-order valence-electron chi connectivity index (χ2n) is 4.14. The summed E-state index contributed by atoms with van der Waals surface area (Å²) in [6.45, 7) is 0. The van der Waals surface area contributed by atoms with E-state index in [4.69, 9.17) is 33.7 Å². The lowest BCUT2D eigenvalue weighted by atomic mass is 10.3. The molecule has 0 bridgehead atoms. The SMILES string of the molecule is COc1cc(Cl)ccc1S(=O)(=O)Nc1cc(N)ccc1Cl. The fourth-order valence-corrected chi connectivity index (χ4v) is 3.29. The first-order chi connectivity index (χ1) is 9.83. The number of benzene rings is 2. The quantitative estimate of drug-likeness (QED) is 0.831. The van der Waals surface area contributed by atoms with Crippen LogP contribution in [0.1, 0.15) is 0 Å². The van der Waals surface area contributed by atoms with Gasteiger partial charge in [-0.3, -0.25) is 4.72 Å². The van der Waals surface area contributed by atoms with E-state index in [1.54, 1.807) is 6.07 Å². The molecule has 0 amide bonds. The monoisotopic (exact) mass is 346 g/mol. The number of anilines is 2. The topological polar surface area (TPSA) is 81.4 Å². The lowest BCUT2D eigenvalue weighted by Crippen LogP contribution is -2.14. The van der Waals surface area contributed by atoms with E-state index in [1.807, 2.05) is 0 Å². The number of nitrogen functional groups attached to an aromatic ring is 1. The van der Waals surface area contributed by atoms with Crippen molar-refractivity contribution >= 4 is 44.6 Å². The molecule has 8 heteroatoms. The zero-order valence-electron chi connectivity index (χ0n) is 10.9. The lowest BCUT2D eigenvalue weighted by molar-refractivity contribution is 0.403. The van der Waals surface area contributed by atoms with E-state index in [2.05, 4.69) is 4.72 Å². The minimum absolute atomic E-state index is 0.0482. The Balaban J connectivity index is 2.46. The number of nitrogens with two attached hydrogens (primary N) is 1. The van der Waals surface area contributed by atoms with E-state index in [1.165, 1.54) is 37.4 Å². The Morgan fingerprint density at radius 1 is 1.14 bits per heavy atom. The summed E-state index contributed by atoms with van der Waals surface area (Å²) in [4.78, 5) is -0.0482. The molecule has 0 spiro atoms. The Morgan fingerprint density at radius 3 is 2.52 bits per heavy atom. The highest BCUT2D eigenvalue weighted by atomic mass is 35.5. The number of halogens is 2. The Morgan fingerprint density at radius 2 is 1.86 bits per heavy atom. The zero-order chi connectivity index (χ0) is 15.6. The van der Waals surface area contributed by atoms with Gasteiger partial charge in [0.1, 0.15) is 10.6 Å². The van der Waals surface area contributed by atoms with Gasteiger partial charge in [-0.05, 0) is 30.3 Å². The van der Waals surface area contributed by atoms with Gasteiger partial charge >= 0.3 is 0 Å². The molecule has 0 radical (unpaired) electrons. The summed E-state index contributed by atoms with van der Waals surface area (Å²) in [6, 6.07) is 8.74.